The average molecular weight is 345 g/mol. The van der Waals surface area contributed by atoms with Crippen molar-refractivity contribution in [3.8, 4) is 12.0 Å². The molecule has 0 saturated heterocycles. The average Bonchev–Trinajstić information content (AvgIpc) is 3.36. The largest absolute Gasteiger partial charge is 0.271 e. The van der Waals surface area contributed by atoms with Crippen molar-refractivity contribution < 1.29 is 4.39 Å². The molecule has 0 saturated carbocycles. The molecule has 1 aliphatic heterocycles. The molecular weight excluding hydrogens is 333 g/mol. The molecule has 2 aromatic heterocycles. The van der Waals surface area contributed by atoms with E-state index in [1.165, 1.54) is 4.68 Å². The Balaban J connectivity index is 1.61. The van der Waals surface area contributed by atoms with E-state index < -0.39 is 6.17 Å². The second-order valence-corrected chi connectivity index (χ2v) is 6.16. The van der Waals surface area contributed by atoms with Gasteiger partial charge < -0.3 is 0 Å². The Bertz CT molecular complexity index is 1160. The number of rotatable bonds is 2. The van der Waals surface area contributed by atoms with Crippen LogP contribution in [-0.2, 0) is 0 Å². The maximum Gasteiger partial charge on any atom is 0.271 e. The normalized spacial score (nSPS) is 18.8. The fraction of sp³-hybridized carbons (Fsp3) is 0.167. The molecule has 3 heterocycles. The first kappa shape index (κ1) is 14.7. The minimum atomic E-state index is -1.18. The van der Waals surface area contributed by atoms with E-state index >= 15 is 0 Å². The first-order valence-corrected chi connectivity index (χ1v) is 8.16. The Kier molecular flexibility index (Phi) is 3.09. The zero-order valence-electron chi connectivity index (χ0n) is 13.5. The third kappa shape index (κ3) is 2.10. The second kappa shape index (κ2) is 5.46. The van der Waals surface area contributed by atoms with Crippen molar-refractivity contribution in [2.75, 3.05) is 0 Å². The molecule has 0 amide bonds. The highest BCUT2D eigenvalue weighted by Crippen LogP contribution is 2.39. The van der Waals surface area contributed by atoms with Gasteiger partial charge in [0.25, 0.3) is 5.95 Å². The maximum atomic E-state index is 14.5. The fourth-order valence-electron chi connectivity index (χ4n) is 3.35. The molecule has 7 nitrogen and oxygen atoms in total. The van der Waals surface area contributed by atoms with Crippen molar-refractivity contribution in [3.05, 3.63) is 65.5 Å². The lowest BCUT2D eigenvalue weighted by Gasteiger charge is -2.11. The minimum Gasteiger partial charge on any atom is -0.239 e. The summed E-state index contributed by atoms with van der Waals surface area (Å²) < 4.78 is 17.6. The Morgan fingerprint density at radius 3 is 2.81 bits per heavy atom. The van der Waals surface area contributed by atoms with Crippen LogP contribution in [-0.4, -0.2) is 29.8 Å². The van der Waals surface area contributed by atoms with Crippen LogP contribution >= 0.6 is 0 Å². The second-order valence-electron chi connectivity index (χ2n) is 6.16. The zero-order valence-corrected chi connectivity index (χ0v) is 13.5. The Morgan fingerprint density at radius 2 is 2.00 bits per heavy atom. The van der Waals surface area contributed by atoms with Gasteiger partial charge in [0.1, 0.15) is 5.52 Å². The molecule has 0 aliphatic carbocycles. The van der Waals surface area contributed by atoms with E-state index in [4.69, 9.17) is 5.26 Å². The van der Waals surface area contributed by atoms with Gasteiger partial charge in [-0.05, 0) is 23.8 Å². The van der Waals surface area contributed by atoms with Crippen molar-refractivity contribution in [1.82, 2.24) is 29.8 Å². The van der Waals surface area contributed by atoms with Gasteiger partial charge in [-0.3, -0.25) is 0 Å². The van der Waals surface area contributed by atoms with Crippen LogP contribution in [0.15, 0.2) is 48.5 Å². The third-order valence-corrected chi connectivity index (χ3v) is 4.60. The highest BCUT2D eigenvalue weighted by molar-refractivity contribution is 5.77. The van der Waals surface area contributed by atoms with Crippen LogP contribution in [0.5, 0.6) is 0 Å². The molecular formula is C18H12FN7. The van der Waals surface area contributed by atoms with Crippen molar-refractivity contribution >= 4 is 11.0 Å². The number of hydrogen-bond donors (Lipinski definition) is 0. The van der Waals surface area contributed by atoms with Gasteiger partial charge in [-0.25, -0.2) is 9.07 Å². The van der Waals surface area contributed by atoms with Gasteiger partial charge in [0.05, 0.1) is 23.2 Å². The molecule has 26 heavy (non-hydrogen) atoms. The summed E-state index contributed by atoms with van der Waals surface area (Å²) in [4.78, 5) is 4.36. The van der Waals surface area contributed by atoms with E-state index in [9.17, 15) is 4.39 Å². The van der Waals surface area contributed by atoms with Gasteiger partial charge in [-0.1, -0.05) is 35.5 Å². The summed E-state index contributed by atoms with van der Waals surface area (Å²) in [5.41, 5.74) is 2.72. The molecule has 0 fully saturated rings. The lowest BCUT2D eigenvalue weighted by atomic mass is 10.0. The summed E-state index contributed by atoms with van der Waals surface area (Å²) in [6.07, 6.45) is -0.857. The van der Waals surface area contributed by atoms with Gasteiger partial charge in [-0.2, -0.15) is 14.9 Å². The van der Waals surface area contributed by atoms with E-state index in [1.807, 2.05) is 30.3 Å². The molecule has 2 unspecified atom stereocenters. The highest BCUT2D eigenvalue weighted by Gasteiger charge is 2.35. The quantitative estimate of drug-likeness (QED) is 0.558. The van der Waals surface area contributed by atoms with Gasteiger partial charge in [0.2, 0.25) is 0 Å². The standard InChI is InChI=1S/C18H12FN7/c19-13-9-16(12-4-2-1-3-5-12)25-17(13)21-18(23-25)26-15-7-6-11(10-20)8-14(15)22-24-26/h1-8,13,16H,9H2. The van der Waals surface area contributed by atoms with Crippen molar-refractivity contribution in [1.29, 1.82) is 5.26 Å². The van der Waals surface area contributed by atoms with Crippen LogP contribution in [0.25, 0.3) is 17.0 Å². The molecule has 2 aromatic carbocycles. The van der Waals surface area contributed by atoms with E-state index in [-0.39, 0.29) is 12.0 Å². The molecule has 8 heteroatoms. The number of nitriles is 1. The number of benzene rings is 2. The van der Waals surface area contributed by atoms with E-state index in [2.05, 4.69) is 26.5 Å². The lowest BCUT2D eigenvalue weighted by Crippen LogP contribution is -2.08. The first-order valence-electron chi connectivity index (χ1n) is 8.16. The van der Waals surface area contributed by atoms with Gasteiger partial charge in [0, 0.05) is 6.42 Å². The highest BCUT2D eigenvalue weighted by atomic mass is 19.1. The van der Waals surface area contributed by atoms with Gasteiger partial charge in [0.15, 0.2) is 12.0 Å². The SMILES string of the molecule is N#Cc1ccc2c(c1)nnn2-c1nc2n(n1)C(c1ccccc1)CC2F. The molecule has 0 bridgehead atoms. The Morgan fingerprint density at radius 1 is 1.15 bits per heavy atom. The topological polar surface area (TPSA) is 85.2 Å². The van der Waals surface area contributed by atoms with Crippen LogP contribution in [0, 0.1) is 11.3 Å². The van der Waals surface area contributed by atoms with E-state index in [0.29, 0.717) is 28.8 Å². The molecule has 126 valence electrons. The van der Waals surface area contributed by atoms with Gasteiger partial charge >= 0.3 is 0 Å². The summed E-state index contributed by atoms with van der Waals surface area (Å²) >= 11 is 0. The lowest BCUT2D eigenvalue weighted by molar-refractivity contribution is 0.328. The van der Waals surface area contributed by atoms with Crippen molar-refractivity contribution in [2.45, 2.75) is 18.6 Å². The first-order chi connectivity index (χ1) is 12.7. The number of nitrogens with zero attached hydrogens (tertiary/aromatic N) is 7. The monoisotopic (exact) mass is 345 g/mol. The predicted molar refractivity (Wildman–Crippen MR) is 90.2 cm³/mol. The molecule has 5 rings (SSSR count). The molecule has 2 atom stereocenters. The number of alkyl halides is 1. The number of hydrogen-bond acceptors (Lipinski definition) is 5. The Labute approximate surface area is 147 Å². The zero-order chi connectivity index (χ0) is 17.7. The van der Waals surface area contributed by atoms with Crippen LogP contribution in [0.4, 0.5) is 4.39 Å². The molecule has 0 spiro atoms. The summed E-state index contributed by atoms with van der Waals surface area (Å²) in [7, 11) is 0. The van der Waals surface area contributed by atoms with Gasteiger partial charge in [-0.15, -0.1) is 10.2 Å². The number of halogens is 1. The van der Waals surface area contributed by atoms with Crippen molar-refractivity contribution in [3.63, 3.8) is 0 Å². The number of aromatic nitrogens is 6. The fourth-order valence-corrected chi connectivity index (χ4v) is 3.35. The van der Waals surface area contributed by atoms with Crippen LogP contribution in [0.3, 0.4) is 0 Å². The van der Waals surface area contributed by atoms with Crippen LogP contribution in [0.2, 0.25) is 0 Å². The van der Waals surface area contributed by atoms with Crippen LogP contribution in [0.1, 0.15) is 35.6 Å². The Hall–Kier alpha value is -3.60. The summed E-state index contributed by atoms with van der Waals surface area (Å²) in [5, 5.41) is 21.6. The maximum absolute atomic E-state index is 14.5. The molecule has 0 N–H and O–H groups in total. The number of fused-ring (bicyclic) bond motifs is 2. The van der Waals surface area contributed by atoms with Crippen LogP contribution < -0.4 is 0 Å². The summed E-state index contributed by atoms with van der Waals surface area (Å²) in [6.45, 7) is 0. The summed E-state index contributed by atoms with van der Waals surface area (Å²) in [5.74, 6) is 0.571. The van der Waals surface area contributed by atoms with Crippen molar-refractivity contribution in [2.24, 2.45) is 0 Å². The van der Waals surface area contributed by atoms with E-state index in [1.54, 1.807) is 22.9 Å². The third-order valence-electron chi connectivity index (χ3n) is 4.60. The molecule has 0 radical (unpaired) electrons. The molecule has 1 aliphatic rings. The smallest absolute Gasteiger partial charge is 0.239 e. The molecule has 4 aromatic rings. The van der Waals surface area contributed by atoms with E-state index in [0.717, 1.165) is 5.56 Å². The summed E-state index contributed by atoms with van der Waals surface area (Å²) in [6, 6.07) is 16.6. The predicted octanol–water partition coefficient (Wildman–Crippen LogP) is 2.89. The minimum absolute atomic E-state index is 0.192.